The minimum Gasteiger partial charge on any atom is -0.504 e. The van der Waals surface area contributed by atoms with Gasteiger partial charge in [0.05, 0.1) is 12.0 Å². The number of carbonyl (C=O) groups excluding carboxylic acids is 2. The molecule has 2 rings (SSSR count). The lowest BCUT2D eigenvalue weighted by Crippen LogP contribution is -2.22. The van der Waals surface area contributed by atoms with E-state index in [0.717, 1.165) is 16.7 Å². The van der Waals surface area contributed by atoms with Crippen LogP contribution < -0.4 is 4.74 Å². The molecule has 5 nitrogen and oxygen atoms in total. The summed E-state index contributed by atoms with van der Waals surface area (Å²) in [4.78, 5) is 24.4. The second-order valence-electron chi connectivity index (χ2n) is 3.67. The summed E-state index contributed by atoms with van der Waals surface area (Å²) in [6.07, 6.45) is 1.59. The number of methoxy groups -OCH3 is 1. The predicted octanol–water partition coefficient (Wildman–Crippen LogP) is 2.07. The van der Waals surface area contributed by atoms with Crippen molar-refractivity contribution in [2.24, 2.45) is 0 Å². The van der Waals surface area contributed by atoms with Gasteiger partial charge in [-0.15, -0.1) is 0 Å². The lowest BCUT2D eigenvalue weighted by molar-refractivity contribution is -0.121. The van der Waals surface area contributed by atoms with E-state index in [9.17, 15) is 14.7 Å². The number of imide groups is 1. The first-order valence-electron chi connectivity index (χ1n) is 5.11. The summed E-state index contributed by atoms with van der Waals surface area (Å²) in [5.74, 6) is 0.0229. The Balaban J connectivity index is 2.34. The van der Waals surface area contributed by atoms with Crippen LogP contribution >= 0.6 is 11.8 Å². The number of amides is 2. The monoisotopic (exact) mass is 265 g/mol. The van der Waals surface area contributed by atoms with Crippen LogP contribution in [0.1, 0.15) is 5.56 Å². The number of benzene rings is 1. The number of hydrogen-bond donors (Lipinski definition) is 1. The molecule has 1 aliphatic rings. The van der Waals surface area contributed by atoms with Crippen molar-refractivity contribution < 1.29 is 19.4 Å². The molecule has 1 fully saturated rings. The maximum absolute atomic E-state index is 11.7. The number of aromatic hydroxyl groups is 1. The smallest absolute Gasteiger partial charge is 0.293 e. The number of ether oxygens (including phenoxy) is 1. The molecule has 0 saturated carbocycles. The molecule has 0 aromatic heterocycles. The van der Waals surface area contributed by atoms with E-state index >= 15 is 0 Å². The summed E-state index contributed by atoms with van der Waals surface area (Å²) in [7, 11) is 2.88. The molecular weight excluding hydrogens is 254 g/mol. The van der Waals surface area contributed by atoms with Gasteiger partial charge in [-0.1, -0.05) is 6.07 Å². The zero-order valence-corrected chi connectivity index (χ0v) is 10.7. The Hall–Kier alpha value is -1.95. The van der Waals surface area contributed by atoms with Gasteiger partial charge in [-0.05, 0) is 35.5 Å². The second-order valence-corrected chi connectivity index (χ2v) is 4.67. The molecule has 18 heavy (non-hydrogen) atoms. The average molecular weight is 265 g/mol. The van der Waals surface area contributed by atoms with Crippen LogP contribution in [0.4, 0.5) is 4.79 Å². The van der Waals surface area contributed by atoms with Gasteiger partial charge >= 0.3 is 0 Å². The Bertz CT molecular complexity index is 553. The predicted molar refractivity (Wildman–Crippen MR) is 68.4 cm³/mol. The van der Waals surface area contributed by atoms with E-state index in [0.29, 0.717) is 16.2 Å². The van der Waals surface area contributed by atoms with Crippen molar-refractivity contribution in [3.05, 3.63) is 28.7 Å². The fourth-order valence-electron chi connectivity index (χ4n) is 1.48. The number of phenols is 1. The first-order valence-corrected chi connectivity index (χ1v) is 5.93. The van der Waals surface area contributed by atoms with Crippen molar-refractivity contribution in [1.82, 2.24) is 4.90 Å². The summed E-state index contributed by atoms with van der Waals surface area (Å²) in [5.41, 5.74) is 0.684. The van der Waals surface area contributed by atoms with Crippen molar-refractivity contribution in [3.8, 4) is 11.5 Å². The van der Waals surface area contributed by atoms with Crippen LogP contribution in [0.3, 0.4) is 0 Å². The Morgan fingerprint density at radius 3 is 2.67 bits per heavy atom. The van der Waals surface area contributed by atoms with Crippen LogP contribution in [0.2, 0.25) is 0 Å². The van der Waals surface area contributed by atoms with Crippen LogP contribution in [-0.2, 0) is 4.79 Å². The van der Waals surface area contributed by atoms with Crippen LogP contribution in [0, 0.1) is 0 Å². The molecule has 1 aliphatic heterocycles. The van der Waals surface area contributed by atoms with E-state index in [4.69, 9.17) is 4.74 Å². The topological polar surface area (TPSA) is 66.8 Å². The van der Waals surface area contributed by atoms with Gasteiger partial charge in [0, 0.05) is 7.05 Å². The van der Waals surface area contributed by atoms with Crippen molar-refractivity contribution in [3.63, 3.8) is 0 Å². The molecule has 0 radical (unpaired) electrons. The SMILES string of the molecule is COc1cc(C=C2SC(=O)N(C)C2=O)ccc1O. The highest BCUT2D eigenvalue weighted by Gasteiger charge is 2.31. The highest BCUT2D eigenvalue weighted by atomic mass is 32.2. The van der Waals surface area contributed by atoms with E-state index < -0.39 is 0 Å². The largest absolute Gasteiger partial charge is 0.504 e. The standard InChI is InChI=1S/C12H11NO4S/c1-13-11(15)10(18-12(13)16)6-7-3-4-8(14)9(5-7)17-2/h3-6,14H,1-2H3. The molecule has 2 amide bonds. The van der Waals surface area contributed by atoms with Gasteiger partial charge in [0.1, 0.15) is 0 Å². The zero-order chi connectivity index (χ0) is 13.3. The molecule has 0 aliphatic carbocycles. The first-order chi connectivity index (χ1) is 8.52. The van der Waals surface area contributed by atoms with Crippen molar-refractivity contribution in [2.75, 3.05) is 14.2 Å². The molecule has 1 saturated heterocycles. The fourth-order valence-corrected chi connectivity index (χ4v) is 2.31. The van der Waals surface area contributed by atoms with Gasteiger partial charge in [-0.2, -0.15) is 0 Å². The van der Waals surface area contributed by atoms with Gasteiger partial charge in [-0.3, -0.25) is 14.5 Å². The molecule has 1 N–H and O–H groups in total. The van der Waals surface area contributed by atoms with Gasteiger partial charge < -0.3 is 9.84 Å². The molecule has 0 unspecified atom stereocenters. The van der Waals surface area contributed by atoms with Crippen LogP contribution in [0.25, 0.3) is 6.08 Å². The minimum absolute atomic E-state index is 0.0262. The number of nitrogens with zero attached hydrogens (tertiary/aromatic N) is 1. The van der Waals surface area contributed by atoms with Crippen LogP contribution in [-0.4, -0.2) is 35.3 Å². The van der Waals surface area contributed by atoms with E-state index in [1.165, 1.54) is 20.2 Å². The lowest BCUT2D eigenvalue weighted by atomic mass is 10.2. The number of hydrogen-bond acceptors (Lipinski definition) is 5. The van der Waals surface area contributed by atoms with E-state index in [2.05, 4.69) is 0 Å². The highest BCUT2D eigenvalue weighted by molar-refractivity contribution is 8.18. The number of rotatable bonds is 2. The summed E-state index contributed by atoms with van der Waals surface area (Å²) in [6.45, 7) is 0. The van der Waals surface area contributed by atoms with Gasteiger partial charge in [0.25, 0.3) is 11.1 Å². The maximum atomic E-state index is 11.7. The van der Waals surface area contributed by atoms with Crippen molar-refractivity contribution in [2.45, 2.75) is 0 Å². The van der Waals surface area contributed by atoms with Crippen LogP contribution in [0.15, 0.2) is 23.1 Å². The van der Waals surface area contributed by atoms with E-state index in [1.807, 2.05) is 0 Å². The Morgan fingerprint density at radius 1 is 1.39 bits per heavy atom. The molecule has 94 valence electrons. The molecule has 1 aromatic rings. The fraction of sp³-hybridized carbons (Fsp3) is 0.167. The minimum atomic E-state index is -0.322. The molecule has 0 bridgehead atoms. The summed E-state index contributed by atoms with van der Waals surface area (Å²) in [6, 6.07) is 4.71. The van der Waals surface area contributed by atoms with Gasteiger partial charge in [-0.25, -0.2) is 0 Å². The normalized spacial score (nSPS) is 17.7. The van der Waals surface area contributed by atoms with Crippen molar-refractivity contribution in [1.29, 1.82) is 0 Å². The molecule has 0 atom stereocenters. The number of thioether (sulfide) groups is 1. The molecule has 1 aromatic carbocycles. The molecule has 6 heteroatoms. The Kier molecular flexibility index (Phi) is 3.29. The lowest BCUT2D eigenvalue weighted by Gasteiger charge is -2.04. The summed E-state index contributed by atoms with van der Waals surface area (Å²) in [5, 5.41) is 9.16. The summed E-state index contributed by atoms with van der Waals surface area (Å²) < 4.78 is 4.97. The number of likely N-dealkylation sites (N-methyl/N-ethyl adjacent to an activating group) is 1. The Labute approximate surface area is 108 Å². The molecular formula is C12H11NO4S. The molecule has 1 heterocycles. The quantitative estimate of drug-likeness (QED) is 0.829. The highest BCUT2D eigenvalue weighted by Crippen LogP contribution is 2.33. The Morgan fingerprint density at radius 2 is 2.11 bits per heavy atom. The third-order valence-corrected chi connectivity index (χ3v) is 3.45. The third kappa shape index (κ3) is 2.19. The average Bonchev–Trinajstić information content (AvgIpc) is 2.59. The maximum Gasteiger partial charge on any atom is 0.293 e. The van der Waals surface area contributed by atoms with Gasteiger partial charge in [0.2, 0.25) is 0 Å². The van der Waals surface area contributed by atoms with Gasteiger partial charge in [0.15, 0.2) is 11.5 Å². The third-order valence-electron chi connectivity index (χ3n) is 2.49. The zero-order valence-electron chi connectivity index (χ0n) is 9.84. The first kappa shape index (κ1) is 12.5. The van der Waals surface area contributed by atoms with Crippen molar-refractivity contribution >= 4 is 29.0 Å². The van der Waals surface area contributed by atoms with E-state index in [1.54, 1.807) is 18.2 Å². The van der Waals surface area contributed by atoms with E-state index in [-0.39, 0.29) is 16.9 Å². The number of carbonyl (C=O) groups is 2. The summed E-state index contributed by atoms with van der Waals surface area (Å²) >= 11 is 0.890. The number of phenolic OH excluding ortho intramolecular Hbond substituents is 1. The second kappa shape index (κ2) is 4.73. The molecule has 0 spiro atoms. The van der Waals surface area contributed by atoms with Crippen LogP contribution in [0.5, 0.6) is 11.5 Å².